The van der Waals surface area contributed by atoms with E-state index >= 15 is 0 Å². The third kappa shape index (κ3) is 17.8. The molecule has 0 aliphatic carbocycles. The Kier molecular flexibility index (Phi) is 21.1. The number of nitrogens with two attached hydrogens (primary N) is 2. The molecule has 55 heavy (non-hydrogen) atoms. The minimum absolute atomic E-state index is 0.0304. The van der Waals surface area contributed by atoms with Crippen molar-refractivity contribution in [1.29, 1.82) is 0 Å². The predicted octanol–water partition coefficient (Wildman–Crippen LogP) is -5.71. The second-order valence-corrected chi connectivity index (χ2v) is 12.4. The van der Waals surface area contributed by atoms with Crippen LogP contribution >= 0.6 is 0 Å². The molecule has 0 heterocycles. The maximum Gasteiger partial charge on any atom is 0.328 e. The standard InChI is InChI=1S/C33H51N9O13/c1-17(35)27(48)39-22(13-26(46)47)29(50)36-14-25(45)37-18(2)28(49)38-20(10-6-7-11-34)30(51)40-21(12-19-8-4-3-5-9-19)31(52)41-23(15-43)32(53)42-24(16-44)33(54)55/h3-5,8-9,17-18,20-24,43-44H,6-7,10-16,34-35H2,1-2H3,(H,36,50)(H,37,45)(H,38,49)(H,39,48)(H,40,51)(H,41,52)(H,42,53)(H,46,47)(H,54,55). The van der Waals surface area contributed by atoms with Gasteiger partial charge in [-0.15, -0.1) is 0 Å². The van der Waals surface area contributed by atoms with E-state index in [0.29, 0.717) is 18.4 Å². The molecule has 0 bridgehead atoms. The Hall–Kier alpha value is -5.71. The van der Waals surface area contributed by atoms with Crippen LogP contribution in [0.4, 0.5) is 0 Å². The first-order chi connectivity index (χ1) is 25.9. The van der Waals surface area contributed by atoms with Crippen LogP contribution in [-0.2, 0) is 49.6 Å². The van der Waals surface area contributed by atoms with E-state index in [4.69, 9.17) is 21.7 Å². The largest absolute Gasteiger partial charge is 0.481 e. The summed E-state index contributed by atoms with van der Waals surface area (Å²) in [6.07, 6.45) is -0.109. The maximum atomic E-state index is 13.6. The van der Waals surface area contributed by atoms with E-state index in [1.165, 1.54) is 13.8 Å². The number of aliphatic hydroxyl groups excluding tert-OH is 2. The third-order valence-corrected chi connectivity index (χ3v) is 7.73. The quantitative estimate of drug-likeness (QED) is 0.0411. The number of hydrogen-bond acceptors (Lipinski definition) is 13. The molecule has 0 aliphatic heterocycles. The van der Waals surface area contributed by atoms with Crippen molar-refractivity contribution in [3.63, 3.8) is 0 Å². The zero-order chi connectivity index (χ0) is 41.7. The molecule has 0 spiro atoms. The highest BCUT2D eigenvalue weighted by atomic mass is 16.4. The van der Waals surface area contributed by atoms with E-state index < -0.39 is 122 Å². The zero-order valence-corrected chi connectivity index (χ0v) is 30.4. The summed E-state index contributed by atoms with van der Waals surface area (Å²) in [4.78, 5) is 112. The van der Waals surface area contributed by atoms with E-state index in [0.717, 1.165) is 0 Å². The average Bonchev–Trinajstić information content (AvgIpc) is 3.13. The van der Waals surface area contributed by atoms with Gasteiger partial charge in [0.1, 0.15) is 36.3 Å². The van der Waals surface area contributed by atoms with Crippen molar-refractivity contribution < 1.29 is 63.6 Å². The smallest absolute Gasteiger partial charge is 0.328 e. The molecule has 22 nitrogen and oxygen atoms in total. The first-order valence-corrected chi connectivity index (χ1v) is 17.2. The molecular formula is C33H51N9O13. The van der Waals surface area contributed by atoms with Gasteiger partial charge >= 0.3 is 11.9 Å². The SMILES string of the molecule is CC(N)C(=O)NC(CC(=O)O)C(=O)NCC(=O)NC(C)C(=O)NC(CCCCN)C(=O)NC(Cc1ccccc1)C(=O)NC(CO)C(=O)NC(CO)C(=O)O. The minimum Gasteiger partial charge on any atom is -0.481 e. The molecule has 1 rings (SSSR count). The number of benzene rings is 1. The molecule has 0 saturated heterocycles. The Bertz CT molecular complexity index is 1500. The van der Waals surface area contributed by atoms with Crippen LogP contribution in [0.2, 0.25) is 0 Å². The number of hydrogen-bond donors (Lipinski definition) is 13. The molecule has 15 N–H and O–H groups in total. The fourth-order valence-corrected chi connectivity index (χ4v) is 4.65. The van der Waals surface area contributed by atoms with E-state index in [1.54, 1.807) is 30.3 Å². The van der Waals surface area contributed by atoms with Crippen molar-refractivity contribution in [2.45, 2.75) is 88.2 Å². The number of nitrogens with one attached hydrogen (secondary N) is 7. The number of amides is 7. The molecule has 306 valence electrons. The maximum absolute atomic E-state index is 13.6. The molecule has 0 aliphatic rings. The third-order valence-electron chi connectivity index (χ3n) is 7.73. The normalized spacial score (nSPS) is 14.6. The Labute approximate surface area is 315 Å². The molecule has 0 saturated carbocycles. The lowest BCUT2D eigenvalue weighted by Crippen LogP contribution is -2.60. The van der Waals surface area contributed by atoms with Crippen molar-refractivity contribution in [3.8, 4) is 0 Å². The highest BCUT2D eigenvalue weighted by Gasteiger charge is 2.32. The molecule has 0 radical (unpaired) electrons. The van der Waals surface area contributed by atoms with Gasteiger partial charge in [-0.3, -0.25) is 38.4 Å². The lowest BCUT2D eigenvalue weighted by molar-refractivity contribution is -0.143. The van der Waals surface area contributed by atoms with Crippen LogP contribution in [0, 0.1) is 0 Å². The summed E-state index contributed by atoms with van der Waals surface area (Å²) in [5, 5.41) is 53.2. The van der Waals surface area contributed by atoms with Gasteiger partial charge in [-0.2, -0.15) is 0 Å². The number of aliphatic carboxylic acids is 2. The van der Waals surface area contributed by atoms with Crippen LogP contribution in [0.5, 0.6) is 0 Å². The van der Waals surface area contributed by atoms with Crippen LogP contribution in [-0.4, -0.2) is 142 Å². The minimum atomic E-state index is -1.72. The van der Waals surface area contributed by atoms with Gasteiger partial charge in [0.2, 0.25) is 41.4 Å². The van der Waals surface area contributed by atoms with Gasteiger partial charge in [-0.05, 0) is 45.2 Å². The predicted molar refractivity (Wildman–Crippen MR) is 191 cm³/mol. The molecule has 1 aromatic carbocycles. The molecule has 0 fully saturated rings. The van der Waals surface area contributed by atoms with Gasteiger partial charge in [-0.1, -0.05) is 30.3 Å². The molecule has 1 aromatic rings. The molecule has 7 atom stereocenters. The van der Waals surface area contributed by atoms with Crippen LogP contribution in [0.25, 0.3) is 0 Å². The van der Waals surface area contributed by atoms with E-state index in [9.17, 15) is 53.4 Å². The Morgan fingerprint density at radius 3 is 1.71 bits per heavy atom. The van der Waals surface area contributed by atoms with Gasteiger partial charge in [0.05, 0.1) is 32.2 Å². The van der Waals surface area contributed by atoms with Crippen molar-refractivity contribution in [1.82, 2.24) is 37.2 Å². The topological polar surface area (TPSA) is 371 Å². The summed E-state index contributed by atoms with van der Waals surface area (Å²) in [7, 11) is 0. The van der Waals surface area contributed by atoms with Crippen molar-refractivity contribution >= 4 is 53.3 Å². The van der Waals surface area contributed by atoms with Gasteiger partial charge in [0.15, 0.2) is 0 Å². The van der Waals surface area contributed by atoms with Crippen LogP contribution in [0.1, 0.15) is 45.1 Å². The lowest BCUT2D eigenvalue weighted by atomic mass is 10.0. The molecule has 7 unspecified atom stereocenters. The van der Waals surface area contributed by atoms with E-state index in [1.807, 2.05) is 5.32 Å². The summed E-state index contributed by atoms with van der Waals surface area (Å²) < 4.78 is 0. The Balaban J connectivity index is 3.09. The van der Waals surface area contributed by atoms with E-state index in [2.05, 4.69) is 31.9 Å². The van der Waals surface area contributed by atoms with Crippen molar-refractivity contribution in [3.05, 3.63) is 35.9 Å². The van der Waals surface area contributed by atoms with Crippen LogP contribution in [0.3, 0.4) is 0 Å². The highest BCUT2D eigenvalue weighted by molar-refractivity contribution is 5.97. The fraction of sp³-hybridized carbons (Fsp3) is 0.545. The number of carbonyl (C=O) groups is 9. The number of rotatable bonds is 25. The summed E-state index contributed by atoms with van der Waals surface area (Å²) in [5.41, 5.74) is 11.6. The molecule has 7 amide bonds. The molecular weight excluding hydrogens is 730 g/mol. The highest BCUT2D eigenvalue weighted by Crippen LogP contribution is 2.07. The number of carboxylic acids is 2. The molecule has 22 heteroatoms. The van der Waals surface area contributed by atoms with Crippen LogP contribution < -0.4 is 48.7 Å². The van der Waals surface area contributed by atoms with Gasteiger partial charge in [0.25, 0.3) is 0 Å². The average molecular weight is 782 g/mol. The Morgan fingerprint density at radius 1 is 0.636 bits per heavy atom. The number of aliphatic hydroxyl groups is 2. The van der Waals surface area contributed by atoms with Gasteiger partial charge < -0.3 is 69.1 Å². The Morgan fingerprint density at radius 2 is 1.16 bits per heavy atom. The first-order valence-electron chi connectivity index (χ1n) is 17.2. The number of unbranched alkanes of at least 4 members (excludes halogenated alkanes) is 1. The summed E-state index contributed by atoms with van der Waals surface area (Å²) in [5.74, 6) is -9.46. The van der Waals surface area contributed by atoms with Crippen LogP contribution in [0.15, 0.2) is 30.3 Å². The molecule has 0 aromatic heterocycles. The number of carboxylic acid groups (broad SMARTS) is 2. The zero-order valence-electron chi connectivity index (χ0n) is 30.4. The monoisotopic (exact) mass is 781 g/mol. The number of carbonyl (C=O) groups excluding carboxylic acids is 7. The summed E-state index contributed by atoms with van der Waals surface area (Å²) in [6, 6.07) is -1.63. The lowest BCUT2D eigenvalue weighted by Gasteiger charge is -2.26. The summed E-state index contributed by atoms with van der Waals surface area (Å²) >= 11 is 0. The van der Waals surface area contributed by atoms with Gasteiger partial charge in [-0.25, -0.2) is 4.79 Å². The first kappa shape index (κ1) is 47.3. The van der Waals surface area contributed by atoms with Gasteiger partial charge in [0, 0.05) is 6.42 Å². The van der Waals surface area contributed by atoms with E-state index in [-0.39, 0.29) is 19.4 Å². The second-order valence-electron chi connectivity index (χ2n) is 12.4. The van der Waals surface area contributed by atoms with Crippen molar-refractivity contribution in [2.24, 2.45) is 11.5 Å². The second kappa shape index (κ2) is 24.6. The fourth-order valence-electron chi connectivity index (χ4n) is 4.65. The summed E-state index contributed by atoms with van der Waals surface area (Å²) in [6.45, 7) is 0.181. The van der Waals surface area contributed by atoms with Crippen molar-refractivity contribution in [2.75, 3.05) is 26.3 Å².